The Bertz CT molecular complexity index is 401. The Balaban J connectivity index is 2.17. The van der Waals surface area contributed by atoms with Gasteiger partial charge in [-0.15, -0.1) is 0 Å². The Morgan fingerprint density at radius 1 is 1.50 bits per heavy atom. The van der Waals surface area contributed by atoms with E-state index in [4.69, 9.17) is 4.74 Å². The molecule has 1 heterocycles. The van der Waals surface area contributed by atoms with Gasteiger partial charge in [-0.05, 0) is 24.6 Å². The van der Waals surface area contributed by atoms with Crippen LogP contribution in [-0.4, -0.2) is 11.9 Å². The van der Waals surface area contributed by atoms with Crippen molar-refractivity contribution in [3.05, 3.63) is 28.2 Å². The van der Waals surface area contributed by atoms with E-state index in [1.807, 2.05) is 18.2 Å². The van der Waals surface area contributed by atoms with Gasteiger partial charge in [0.15, 0.2) is 5.78 Å². The van der Waals surface area contributed by atoms with Crippen molar-refractivity contribution in [3.63, 3.8) is 0 Å². The number of unbranched alkanes of at least 4 members (excludes halogenated alkanes) is 1. The molecule has 2 nitrogen and oxygen atoms in total. The van der Waals surface area contributed by atoms with Crippen LogP contribution < -0.4 is 4.74 Å². The van der Waals surface area contributed by atoms with Crippen LogP contribution in [0.2, 0.25) is 0 Å². The molecule has 16 heavy (non-hydrogen) atoms. The van der Waals surface area contributed by atoms with Crippen molar-refractivity contribution in [2.24, 2.45) is 0 Å². The molecule has 1 aromatic carbocycles. The fourth-order valence-corrected chi connectivity index (χ4v) is 2.29. The zero-order valence-corrected chi connectivity index (χ0v) is 10.9. The Kier molecular flexibility index (Phi) is 3.64. The molecule has 1 atom stereocenters. The van der Waals surface area contributed by atoms with Crippen molar-refractivity contribution in [2.75, 3.05) is 0 Å². The highest BCUT2D eigenvalue weighted by molar-refractivity contribution is 9.10. The number of hydrogen-bond donors (Lipinski definition) is 0. The van der Waals surface area contributed by atoms with Gasteiger partial charge in [0, 0.05) is 10.9 Å². The summed E-state index contributed by atoms with van der Waals surface area (Å²) in [6.45, 7) is 2.15. The molecule has 0 bridgehead atoms. The van der Waals surface area contributed by atoms with E-state index in [-0.39, 0.29) is 11.9 Å². The van der Waals surface area contributed by atoms with Crippen LogP contribution >= 0.6 is 15.9 Å². The van der Waals surface area contributed by atoms with Gasteiger partial charge in [-0.3, -0.25) is 4.79 Å². The standard InChI is InChI=1S/C13H15BrO2/c1-2-3-4-10-8-12(15)11-6-5-9(14)7-13(11)16-10/h5-7,10H,2-4,8H2,1H3. The van der Waals surface area contributed by atoms with Gasteiger partial charge in [0.25, 0.3) is 0 Å². The molecule has 0 fully saturated rings. The number of benzene rings is 1. The Morgan fingerprint density at radius 2 is 2.31 bits per heavy atom. The summed E-state index contributed by atoms with van der Waals surface area (Å²) in [6.07, 6.45) is 3.80. The van der Waals surface area contributed by atoms with Gasteiger partial charge < -0.3 is 4.74 Å². The van der Waals surface area contributed by atoms with Crippen LogP contribution in [0.4, 0.5) is 0 Å². The number of Topliss-reactive ketones (excluding diaryl/α,β-unsaturated/α-hetero) is 1. The average molecular weight is 283 g/mol. The van der Waals surface area contributed by atoms with Crippen molar-refractivity contribution in [2.45, 2.75) is 38.7 Å². The minimum Gasteiger partial charge on any atom is -0.489 e. The van der Waals surface area contributed by atoms with Crippen molar-refractivity contribution < 1.29 is 9.53 Å². The first kappa shape index (κ1) is 11.6. The number of carbonyl (C=O) groups is 1. The highest BCUT2D eigenvalue weighted by Crippen LogP contribution is 2.31. The van der Waals surface area contributed by atoms with Crippen LogP contribution in [0.1, 0.15) is 43.0 Å². The van der Waals surface area contributed by atoms with Gasteiger partial charge in [-0.2, -0.15) is 0 Å². The zero-order chi connectivity index (χ0) is 11.5. The quantitative estimate of drug-likeness (QED) is 0.839. The minimum atomic E-state index is 0.0641. The zero-order valence-electron chi connectivity index (χ0n) is 9.33. The number of fused-ring (bicyclic) bond motifs is 1. The van der Waals surface area contributed by atoms with Crippen LogP contribution in [0.25, 0.3) is 0 Å². The molecule has 0 radical (unpaired) electrons. The summed E-state index contributed by atoms with van der Waals surface area (Å²) in [6, 6.07) is 5.59. The fraction of sp³-hybridized carbons (Fsp3) is 0.462. The third-order valence-electron chi connectivity index (χ3n) is 2.83. The maximum atomic E-state index is 11.9. The number of ether oxygens (including phenoxy) is 1. The van der Waals surface area contributed by atoms with E-state index in [1.54, 1.807) is 0 Å². The molecule has 0 spiro atoms. The van der Waals surface area contributed by atoms with E-state index in [1.165, 1.54) is 0 Å². The van der Waals surface area contributed by atoms with Crippen LogP contribution in [0.3, 0.4) is 0 Å². The SMILES string of the molecule is CCCCC1CC(=O)c2ccc(Br)cc2O1. The van der Waals surface area contributed by atoms with Crippen LogP contribution in [-0.2, 0) is 0 Å². The summed E-state index contributed by atoms with van der Waals surface area (Å²) < 4.78 is 6.79. The molecule has 0 saturated carbocycles. The molecule has 1 aliphatic heterocycles. The van der Waals surface area contributed by atoms with Crippen LogP contribution in [0, 0.1) is 0 Å². The van der Waals surface area contributed by atoms with E-state index in [9.17, 15) is 4.79 Å². The monoisotopic (exact) mass is 282 g/mol. The topological polar surface area (TPSA) is 26.3 Å². The van der Waals surface area contributed by atoms with Crippen molar-refractivity contribution >= 4 is 21.7 Å². The Hall–Kier alpha value is -0.830. The maximum absolute atomic E-state index is 11.9. The summed E-state index contributed by atoms with van der Waals surface area (Å²) >= 11 is 3.39. The first-order valence-electron chi connectivity index (χ1n) is 5.70. The molecular formula is C13H15BrO2. The lowest BCUT2D eigenvalue weighted by Gasteiger charge is -2.25. The van der Waals surface area contributed by atoms with Gasteiger partial charge in [-0.25, -0.2) is 0 Å². The van der Waals surface area contributed by atoms with Crippen molar-refractivity contribution in [3.8, 4) is 5.75 Å². The van der Waals surface area contributed by atoms with Crippen LogP contribution in [0.15, 0.2) is 22.7 Å². The van der Waals surface area contributed by atoms with Gasteiger partial charge in [0.2, 0.25) is 0 Å². The highest BCUT2D eigenvalue weighted by Gasteiger charge is 2.25. The first-order chi connectivity index (χ1) is 7.70. The second-order valence-electron chi connectivity index (χ2n) is 4.15. The maximum Gasteiger partial charge on any atom is 0.170 e. The molecule has 0 amide bonds. The van der Waals surface area contributed by atoms with Crippen molar-refractivity contribution in [1.82, 2.24) is 0 Å². The molecule has 1 unspecified atom stereocenters. The summed E-state index contributed by atoms with van der Waals surface area (Å²) in [5, 5.41) is 0. The molecule has 86 valence electrons. The largest absolute Gasteiger partial charge is 0.489 e. The number of rotatable bonds is 3. The number of carbonyl (C=O) groups excluding carboxylic acids is 1. The van der Waals surface area contributed by atoms with E-state index >= 15 is 0 Å². The van der Waals surface area contributed by atoms with E-state index in [2.05, 4.69) is 22.9 Å². The second kappa shape index (κ2) is 5.00. The molecule has 0 saturated heterocycles. The number of hydrogen-bond acceptors (Lipinski definition) is 2. The lowest BCUT2D eigenvalue weighted by molar-refractivity contribution is 0.0835. The summed E-state index contributed by atoms with van der Waals surface area (Å²) in [5.41, 5.74) is 0.718. The molecule has 3 heteroatoms. The fourth-order valence-electron chi connectivity index (χ4n) is 1.95. The van der Waals surface area contributed by atoms with E-state index in [0.29, 0.717) is 6.42 Å². The molecule has 2 rings (SSSR count). The predicted octanol–water partition coefficient (Wildman–Crippen LogP) is 3.97. The molecule has 0 N–H and O–H groups in total. The molecule has 1 aliphatic rings. The summed E-state index contributed by atoms with van der Waals surface area (Å²) in [4.78, 5) is 11.9. The van der Waals surface area contributed by atoms with E-state index in [0.717, 1.165) is 35.0 Å². The predicted molar refractivity (Wildman–Crippen MR) is 67.0 cm³/mol. The molecule has 1 aromatic rings. The Morgan fingerprint density at radius 3 is 3.06 bits per heavy atom. The molecule has 0 aromatic heterocycles. The van der Waals surface area contributed by atoms with E-state index < -0.39 is 0 Å². The van der Waals surface area contributed by atoms with Crippen molar-refractivity contribution in [1.29, 1.82) is 0 Å². The average Bonchev–Trinajstić information content (AvgIpc) is 2.25. The smallest absolute Gasteiger partial charge is 0.170 e. The lowest BCUT2D eigenvalue weighted by Crippen LogP contribution is -2.26. The highest BCUT2D eigenvalue weighted by atomic mass is 79.9. The number of ketones is 1. The molecular weight excluding hydrogens is 268 g/mol. The lowest BCUT2D eigenvalue weighted by atomic mass is 9.98. The first-order valence-corrected chi connectivity index (χ1v) is 6.49. The summed E-state index contributed by atoms with van der Waals surface area (Å²) in [7, 11) is 0. The van der Waals surface area contributed by atoms with Gasteiger partial charge in [-0.1, -0.05) is 35.7 Å². The summed E-state index contributed by atoms with van der Waals surface area (Å²) in [5.74, 6) is 0.932. The Labute approximate surface area is 104 Å². The third-order valence-corrected chi connectivity index (χ3v) is 3.32. The minimum absolute atomic E-state index is 0.0641. The second-order valence-corrected chi connectivity index (χ2v) is 5.07. The normalized spacial score (nSPS) is 19.1. The molecule has 0 aliphatic carbocycles. The van der Waals surface area contributed by atoms with Crippen LogP contribution in [0.5, 0.6) is 5.75 Å². The third kappa shape index (κ3) is 2.46. The van der Waals surface area contributed by atoms with Gasteiger partial charge in [0.1, 0.15) is 11.9 Å². The van der Waals surface area contributed by atoms with Gasteiger partial charge in [0.05, 0.1) is 5.56 Å². The number of halogens is 1. The van der Waals surface area contributed by atoms with Gasteiger partial charge >= 0.3 is 0 Å².